The summed E-state index contributed by atoms with van der Waals surface area (Å²) in [6.45, 7) is 4.75. The van der Waals surface area contributed by atoms with Gasteiger partial charge in [-0.2, -0.15) is 0 Å². The third-order valence-corrected chi connectivity index (χ3v) is 2.55. The Morgan fingerprint density at radius 1 is 1.47 bits per heavy atom. The van der Waals surface area contributed by atoms with Crippen LogP contribution in [-0.2, 0) is 19.1 Å². The van der Waals surface area contributed by atoms with Crippen LogP contribution in [-0.4, -0.2) is 48.4 Å². The summed E-state index contributed by atoms with van der Waals surface area (Å²) in [7, 11) is 0. The van der Waals surface area contributed by atoms with Gasteiger partial charge in [0.25, 0.3) is 0 Å². The molecular weight excluding hydrogens is 226 g/mol. The van der Waals surface area contributed by atoms with Gasteiger partial charge in [0.2, 0.25) is 5.91 Å². The standard InChI is InChI=1S/C11H19NO5/c1-3-16-6-7(2)12-10(13)8-4-5-9(17-8)11(14)15/h7-9H,3-6H2,1-2H3,(H,12,13)(H,14,15). The average molecular weight is 245 g/mol. The van der Waals surface area contributed by atoms with Crippen LogP contribution >= 0.6 is 0 Å². The Hall–Kier alpha value is -1.14. The average Bonchev–Trinajstić information content (AvgIpc) is 2.75. The molecule has 1 saturated heterocycles. The second-order valence-electron chi connectivity index (χ2n) is 4.10. The smallest absolute Gasteiger partial charge is 0.332 e. The predicted molar refractivity (Wildman–Crippen MR) is 59.6 cm³/mol. The summed E-state index contributed by atoms with van der Waals surface area (Å²) in [6.07, 6.45) is -0.676. The second-order valence-corrected chi connectivity index (χ2v) is 4.10. The van der Waals surface area contributed by atoms with Gasteiger partial charge in [0, 0.05) is 12.6 Å². The fraction of sp³-hybridized carbons (Fsp3) is 0.818. The minimum atomic E-state index is -1.01. The Bertz CT molecular complexity index is 281. The first-order valence-corrected chi connectivity index (χ1v) is 5.81. The van der Waals surface area contributed by atoms with Crippen LogP contribution in [0, 0.1) is 0 Å². The molecule has 0 saturated carbocycles. The Balaban J connectivity index is 2.31. The van der Waals surface area contributed by atoms with Crippen molar-refractivity contribution in [3.8, 4) is 0 Å². The zero-order valence-corrected chi connectivity index (χ0v) is 10.1. The molecule has 1 amide bonds. The van der Waals surface area contributed by atoms with Crippen molar-refractivity contribution in [2.45, 2.75) is 44.9 Å². The molecule has 0 spiro atoms. The zero-order chi connectivity index (χ0) is 12.8. The molecule has 6 nitrogen and oxygen atoms in total. The van der Waals surface area contributed by atoms with E-state index in [0.717, 1.165) is 0 Å². The first-order chi connectivity index (χ1) is 8.04. The normalized spacial score (nSPS) is 25.5. The number of carbonyl (C=O) groups is 2. The lowest BCUT2D eigenvalue weighted by Crippen LogP contribution is -2.42. The maximum atomic E-state index is 11.7. The number of nitrogens with one attached hydrogen (secondary N) is 1. The lowest BCUT2D eigenvalue weighted by atomic mass is 10.2. The van der Waals surface area contributed by atoms with Crippen LogP contribution in [0.15, 0.2) is 0 Å². The number of hydrogen-bond acceptors (Lipinski definition) is 4. The van der Waals surface area contributed by atoms with Crippen molar-refractivity contribution in [1.82, 2.24) is 5.32 Å². The second kappa shape index (κ2) is 6.56. The van der Waals surface area contributed by atoms with Gasteiger partial charge in [-0.1, -0.05) is 0 Å². The van der Waals surface area contributed by atoms with Crippen molar-refractivity contribution in [1.29, 1.82) is 0 Å². The molecule has 0 aromatic rings. The van der Waals surface area contributed by atoms with Crippen molar-refractivity contribution >= 4 is 11.9 Å². The van der Waals surface area contributed by atoms with Crippen molar-refractivity contribution in [3.63, 3.8) is 0 Å². The van der Waals surface area contributed by atoms with E-state index in [1.165, 1.54) is 0 Å². The molecule has 1 aliphatic rings. The van der Waals surface area contributed by atoms with E-state index in [0.29, 0.717) is 26.1 Å². The minimum Gasteiger partial charge on any atom is -0.479 e. The van der Waals surface area contributed by atoms with E-state index in [1.807, 2.05) is 13.8 Å². The third kappa shape index (κ3) is 4.32. The number of aliphatic carboxylic acids is 1. The quantitative estimate of drug-likeness (QED) is 0.696. The topological polar surface area (TPSA) is 84.9 Å². The third-order valence-electron chi connectivity index (χ3n) is 2.55. The molecule has 98 valence electrons. The van der Waals surface area contributed by atoms with Crippen LogP contribution in [0.2, 0.25) is 0 Å². The maximum Gasteiger partial charge on any atom is 0.332 e. The molecule has 0 aromatic carbocycles. The molecule has 6 heteroatoms. The van der Waals surface area contributed by atoms with Gasteiger partial charge < -0.3 is 19.9 Å². The Kier molecular flexibility index (Phi) is 5.37. The number of carboxylic acids is 1. The molecule has 17 heavy (non-hydrogen) atoms. The Morgan fingerprint density at radius 3 is 2.65 bits per heavy atom. The van der Waals surface area contributed by atoms with Crippen molar-refractivity contribution in [2.24, 2.45) is 0 Å². The van der Waals surface area contributed by atoms with Crippen molar-refractivity contribution < 1.29 is 24.2 Å². The van der Waals surface area contributed by atoms with E-state index in [2.05, 4.69) is 5.32 Å². The van der Waals surface area contributed by atoms with Crippen LogP contribution < -0.4 is 5.32 Å². The Morgan fingerprint density at radius 2 is 2.12 bits per heavy atom. The van der Waals surface area contributed by atoms with Gasteiger partial charge in [-0.05, 0) is 26.7 Å². The number of amides is 1. The molecule has 1 rings (SSSR count). The number of carbonyl (C=O) groups excluding carboxylic acids is 1. The SMILES string of the molecule is CCOCC(C)NC(=O)C1CCC(C(=O)O)O1. The highest BCUT2D eigenvalue weighted by molar-refractivity contribution is 5.82. The molecule has 0 aliphatic carbocycles. The number of carboxylic acid groups (broad SMARTS) is 1. The molecule has 3 atom stereocenters. The van der Waals surface area contributed by atoms with Gasteiger partial charge >= 0.3 is 5.97 Å². The molecule has 3 unspecified atom stereocenters. The zero-order valence-electron chi connectivity index (χ0n) is 10.1. The first-order valence-electron chi connectivity index (χ1n) is 5.81. The number of rotatable bonds is 6. The maximum absolute atomic E-state index is 11.7. The van der Waals surface area contributed by atoms with E-state index >= 15 is 0 Å². The van der Waals surface area contributed by atoms with E-state index < -0.39 is 18.2 Å². The molecule has 0 aromatic heterocycles. The van der Waals surface area contributed by atoms with E-state index in [4.69, 9.17) is 14.6 Å². The van der Waals surface area contributed by atoms with Crippen LogP contribution in [0.25, 0.3) is 0 Å². The molecule has 1 fully saturated rings. The van der Waals surface area contributed by atoms with Gasteiger partial charge in [0.15, 0.2) is 6.10 Å². The van der Waals surface area contributed by atoms with Crippen LogP contribution in [0.3, 0.4) is 0 Å². The fourth-order valence-corrected chi connectivity index (χ4v) is 1.68. The van der Waals surface area contributed by atoms with E-state index in [1.54, 1.807) is 0 Å². The van der Waals surface area contributed by atoms with Gasteiger partial charge in [-0.3, -0.25) is 4.79 Å². The summed E-state index contributed by atoms with van der Waals surface area (Å²) in [5.74, 6) is -1.27. The lowest BCUT2D eigenvalue weighted by Gasteiger charge is -2.17. The summed E-state index contributed by atoms with van der Waals surface area (Å²) < 4.78 is 10.3. The highest BCUT2D eigenvalue weighted by Crippen LogP contribution is 2.19. The van der Waals surface area contributed by atoms with Crippen LogP contribution in [0.5, 0.6) is 0 Å². The molecule has 2 N–H and O–H groups in total. The van der Waals surface area contributed by atoms with Gasteiger partial charge in [-0.25, -0.2) is 4.79 Å². The minimum absolute atomic E-state index is 0.102. The number of ether oxygens (including phenoxy) is 2. The highest BCUT2D eigenvalue weighted by atomic mass is 16.5. The highest BCUT2D eigenvalue weighted by Gasteiger charge is 2.34. The van der Waals surface area contributed by atoms with Gasteiger partial charge in [0.1, 0.15) is 6.10 Å². The summed E-state index contributed by atoms with van der Waals surface area (Å²) in [6, 6.07) is -0.102. The molecule has 1 aliphatic heterocycles. The summed E-state index contributed by atoms with van der Waals surface area (Å²) in [5, 5.41) is 11.5. The molecular formula is C11H19NO5. The van der Waals surface area contributed by atoms with Gasteiger partial charge in [0.05, 0.1) is 6.61 Å². The van der Waals surface area contributed by atoms with Crippen molar-refractivity contribution in [2.75, 3.05) is 13.2 Å². The molecule has 1 heterocycles. The Labute approximate surface area is 100 Å². The summed E-state index contributed by atoms with van der Waals surface area (Å²) in [5.41, 5.74) is 0. The van der Waals surface area contributed by atoms with E-state index in [-0.39, 0.29) is 11.9 Å². The lowest BCUT2D eigenvalue weighted by molar-refractivity contribution is -0.152. The van der Waals surface area contributed by atoms with Crippen LogP contribution in [0.4, 0.5) is 0 Å². The molecule has 0 radical (unpaired) electrons. The number of hydrogen-bond donors (Lipinski definition) is 2. The summed E-state index contributed by atoms with van der Waals surface area (Å²) >= 11 is 0. The van der Waals surface area contributed by atoms with Crippen molar-refractivity contribution in [3.05, 3.63) is 0 Å². The van der Waals surface area contributed by atoms with E-state index in [9.17, 15) is 9.59 Å². The molecule has 0 bridgehead atoms. The van der Waals surface area contributed by atoms with Crippen LogP contribution in [0.1, 0.15) is 26.7 Å². The van der Waals surface area contributed by atoms with Gasteiger partial charge in [-0.15, -0.1) is 0 Å². The fourth-order valence-electron chi connectivity index (χ4n) is 1.68. The first kappa shape index (κ1) is 13.9. The largest absolute Gasteiger partial charge is 0.479 e. The monoisotopic (exact) mass is 245 g/mol. The summed E-state index contributed by atoms with van der Waals surface area (Å²) in [4.78, 5) is 22.4. The predicted octanol–water partition coefficient (Wildman–Crippen LogP) is 0.160.